The van der Waals surface area contributed by atoms with Crippen molar-refractivity contribution >= 4 is 34.1 Å². The summed E-state index contributed by atoms with van der Waals surface area (Å²) in [5.74, 6) is -0.202. The molecule has 0 spiro atoms. The van der Waals surface area contributed by atoms with Crippen LogP contribution in [0.3, 0.4) is 0 Å². The second-order valence-corrected chi connectivity index (χ2v) is 4.95. The van der Waals surface area contributed by atoms with Crippen LogP contribution in [0.25, 0.3) is 0 Å². The van der Waals surface area contributed by atoms with Crippen LogP contribution in [-0.4, -0.2) is 23.2 Å². The molecule has 78 valence electrons. The van der Waals surface area contributed by atoms with Crippen molar-refractivity contribution in [1.29, 1.82) is 0 Å². The van der Waals surface area contributed by atoms with Gasteiger partial charge in [-0.25, -0.2) is 4.98 Å². The largest absolute Gasteiger partial charge is 0.320 e. The topological polar surface area (TPSA) is 68.0 Å². The van der Waals surface area contributed by atoms with Crippen LogP contribution in [0.4, 0.5) is 5.13 Å². The van der Waals surface area contributed by atoms with Gasteiger partial charge in [-0.2, -0.15) is 0 Å². The zero-order valence-corrected chi connectivity index (χ0v) is 9.96. The Morgan fingerprint density at radius 2 is 2.36 bits per heavy atom. The molecule has 0 aliphatic carbocycles. The lowest BCUT2D eigenvalue weighted by Crippen LogP contribution is -2.32. The van der Waals surface area contributed by atoms with Crippen LogP contribution in [0, 0.1) is 6.92 Å². The quantitative estimate of drug-likeness (QED) is 0.773. The number of thioether (sulfide) groups is 1. The molecule has 0 saturated heterocycles. The first-order chi connectivity index (χ1) is 6.54. The molecule has 0 radical (unpaired) electrons. The fourth-order valence-electron chi connectivity index (χ4n) is 0.845. The molecule has 1 heterocycles. The summed E-state index contributed by atoms with van der Waals surface area (Å²) in [6.45, 7) is 3.56. The van der Waals surface area contributed by atoms with Crippen LogP contribution in [0.15, 0.2) is 4.21 Å². The number of aromatic nitrogens is 1. The van der Waals surface area contributed by atoms with Gasteiger partial charge in [-0.3, -0.25) is 4.79 Å². The zero-order chi connectivity index (χ0) is 10.7. The number of nitrogens with two attached hydrogens (primary N) is 1. The molecule has 6 heteroatoms. The molecule has 1 aromatic rings. The number of nitrogens with one attached hydrogen (secondary N) is 1. The molecular formula is C8H13N3OS2. The van der Waals surface area contributed by atoms with Gasteiger partial charge in [0, 0.05) is 0 Å². The van der Waals surface area contributed by atoms with Gasteiger partial charge >= 0.3 is 0 Å². The summed E-state index contributed by atoms with van der Waals surface area (Å²) >= 11 is 3.09. The molecule has 0 aliphatic heterocycles. The SMILES string of the molecule is CSc1sc(NC(=O)C(C)N)nc1C. The number of rotatable bonds is 3. The molecular weight excluding hydrogens is 218 g/mol. The number of amides is 1. The van der Waals surface area contributed by atoms with Crippen LogP contribution in [0.2, 0.25) is 0 Å². The van der Waals surface area contributed by atoms with Gasteiger partial charge in [-0.1, -0.05) is 11.3 Å². The molecule has 1 unspecified atom stereocenters. The number of carbonyl (C=O) groups excluding carboxylic acids is 1. The van der Waals surface area contributed by atoms with E-state index in [0.29, 0.717) is 5.13 Å². The van der Waals surface area contributed by atoms with Crippen LogP contribution in [0.1, 0.15) is 12.6 Å². The van der Waals surface area contributed by atoms with E-state index in [1.807, 2.05) is 13.2 Å². The maximum atomic E-state index is 11.2. The molecule has 3 N–H and O–H groups in total. The predicted molar refractivity (Wildman–Crippen MR) is 60.9 cm³/mol. The predicted octanol–water partition coefficient (Wildman–Crippen LogP) is 1.46. The summed E-state index contributed by atoms with van der Waals surface area (Å²) < 4.78 is 1.12. The van der Waals surface area contributed by atoms with Crippen molar-refractivity contribution in [3.63, 3.8) is 0 Å². The molecule has 0 aromatic carbocycles. The molecule has 0 aliphatic rings. The summed E-state index contributed by atoms with van der Waals surface area (Å²) in [5.41, 5.74) is 6.37. The highest BCUT2D eigenvalue weighted by atomic mass is 32.2. The fraction of sp³-hybridized carbons (Fsp3) is 0.500. The monoisotopic (exact) mass is 231 g/mol. The molecule has 4 nitrogen and oxygen atoms in total. The van der Waals surface area contributed by atoms with E-state index in [0.717, 1.165) is 9.90 Å². The van der Waals surface area contributed by atoms with E-state index < -0.39 is 6.04 Å². The van der Waals surface area contributed by atoms with Crippen molar-refractivity contribution in [2.75, 3.05) is 11.6 Å². The minimum Gasteiger partial charge on any atom is -0.320 e. The molecule has 1 atom stereocenters. The second-order valence-electron chi connectivity index (χ2n) is 2.87. The normalized spacial score (nSPS) is 12.6. The molecule has 0 bridgehead atoms. The summed E-state index contributed by atoms with van der Waals surface area (Å²) in [5, 5.41) is 3.29. The van der Waals surface area contributed by atoms with Crippen molar-refractivity contribution in [3.05, 3.63) is 5.69 Å². The van der Waals surface area contributed by atoms with Gasteiger partial charge in [0.05, 0.1) is 15.9 Å². The molecule has 1 aromatic heterocycles. The van der Waals surface area contributed by atoms with Crippen molar-refractivity contribution in [2.45, 2.75) is 24.1 Å². The minimum absolute atomic E-state index is 0.202. The summed E-state index contributed by atoms with van der Waals surface area (Å²) in [7, 11) is 0. The Morgan fingerprint density at radius 1 is 1.71 bits per heavy atom. The highest BCUT2D eigenvalue weighted by Gasteiger charge is 2.11. The van der Waals surface area contributed by atoms with Crippen molar-refractivity contribution in [1.82, 2.24) is 4.98 Å². The summed E-state index contributed by atoms with van der Waals surface area (Å²) in [4.78, 5) is 15.5. The fourth-order valence-corrected chi connectivity index (χ4v) is 2.46. The molecule has 0 saturated carbocycles. The smallest absolute Gasteiger partial charge is 0.242 e. The Hall–Kier alpha value is -0.590. The van der Waals surface area contributed by atoms with E-state index in [1.165, 1.54) is 11.3 Å². The number of carbonyl (C=O) groups is 1. The first-order valence-corrected chi connectivity index (χ1v) is 6.16. The van der Waals surface area contributed by atoms with Crippen molar-refractivity contribution < 1.29 is 4.79 Å². The third-order valence-electron chi connectivity index (χ3n) is 1.58. The van der Waals surface area contributed by atoms with E-state index in [1.54, 1.807) is 18.7 Å². The van der Waals surface area contributed by atoms with Gasteiger partial charge in [0.15, 0.2) is 5.13 Å². The van der Waals surface area contributed by atoms with Gasteiger partial charge in [-0.05, 0) is 20.1 Å². The van der Waals surface area contributed by atoms with Crippen molar-refractivity contribution in [3.8, 4) is 0 Å². The van der Waals surface area contributed by atoms with Gasteiger partial charge in [0.2, 0.25) is 5.91 Å². The van der Waals surface area contributed by atoms with E-state index in [-0.39, 0.29) is 5.91 Å². The first-order valence-electron chi connectivity index (χ1n) is 4.12. The van der Waals surface area contributed by atoms with E-state index in [2.05, 4.69) is 10.3 Å². The van der Waals surface area contributed by atoms with Crippen molar-refractivity contribution in [2.24, 2.45) is 5.73 Å². The van der Waals surface area contributed by atoms with Gasteiger partial charge < -0.3 is 11.1 Å². The number of hydrogen-bond donors (Lipinski definition) is 2. The number of hydrogen-bond acceptors (Lipinski definition) is 5. The lowest BCUT2D eigenvalue weighted by Gasteiger charge is -2.03. The van der Waals surface area contributed by atoms with Gasteiger partial charge in [-0.15, -0.1) is 11.8 Å². The number of anilines is 1. The molecule has 0 fully saturated rings. The van der Waals surface area contributed by atoms with Gasteiger partial charge in [0.1, 0.15) is 0 Å². The third-order valence-corrected chi connectivity index (χ3v) is 3.87. The second kappa shape index (κ2) is 4.77. The standard InChI is InChI=1S/C8H13N3OS2/c1-4(9)6(12)11-8-10-5(2)7(13-3)14-8/h4H,9H2,1-3H3,(H,10,11,12). The van der Waals surface area contributed by atoms with Crippen LogP contribution >= 0.6 is 23.1 Å². The average Bonchev–Trinajstić information content (AvgIpc) is 2.45. The number of nitrogens with zero attached hydrogens (tertiary/aromatic N) is 1. The van der Waals surface area contributed by atoms with E-state index >= 15 is 0 Å². The number of aryl methyl sites for hydroxylation is 1. The van der Waals surface area contributed by atoms with E-state index in [4.69, 9.17) is 5.73 Å². The first kappa shape index (κ1) is 11.5. The third kappa shape index (κ3) is 2.70. The number of thiazole rings is 1. The highest BCUT2D eigenvalue weighted by molar-refractivity contribution is 8.00. The lowest BCUT2D eigenvalue weighted by atomic mass is 10.3. The van der Waals surface area contributed by atoms with E-state index in [9.17, 15) is 4.79 Å². The average molecular weight is 231 g/mol. The van der Waals surface area contributed by atoms with Gasteiger partial charge in [0.25, 0.3) is 0 Å². The molecule has 1 amide bonds. The Kier molecular flexibility index (Phi) is 3.91. The minimum atomic E-state index is -0.503. The maximum Gasteiger partial charge on any atom is 0.242 e. The van der Waals surface area contributed by atoms with Crippen LogP contribution in [0.5, 0.6) is 0 Å². The molecule has 14 heavy (non-hydrogen) atoms. The maximum absolute atomic E-state index is 11.2. The molecule has 1 rings (SSSR count). The zero-order valence-electron chi connectivity index (χ0n) is 8.33. The lowest BCUT2D eigenvalue weighted by molar-refractivity contribution is -0.117. The Balaban J connectivity index is 2.73. The highest BCUT2D eigenvalue weighted by Crippen LogP contribution is 2.30. The van der Waals surface area contributed by atoms with Crippen LogP contribution in [-0.2, 0) is 4.79 Å². The Bertz CT molecular complexity index is 335. The Morgan fingerprint density at radius 3 is 2.79 bits per heavy atom. The van der Waals surface area contributed by atoms with Crippen LogP contribution < -0.4 is 11.1 Å². The summed E-state index contributed by atoms with van der Waals surface area (Å²) in [6, 6.07) is -0.503. The summed E-state index contributed by atoms with van der Waals surface area (Å²) in [6.07, 6.45) is 1.98. The Labute approximate surface area is 91.3 Å².